The van der Waals surface area contributed by atoms with E-state index in [0.717, 1.165) is 19.3 Å². The predicted octanol–water partition coefficient (Wildman–Crippen LogP) is 2.35. The maximum absolute atomic E-state index is 10.3. The highest BCUT2D eigenvalue weighted by molar-refractivity contribution is 4.94. The molecule has 2 bridgehead atoms. The number of rotatable bonds is 4. The number of aliphatic hydroxyl groups is 1. The molecule has 82 valence electrons. The Bertz CT molecular complexity index is 189. The molecule has 14 heavy (non-hydrogen) atoms. The fraction of sp³-hybridized carbons (Fsp3) is 1.00. The van der Waals surface area contributed by atoms with E-state index < -0.39 is 0 Å². The third-order valence-electron chi connectivity index (χ3n) is 4.12. The van der Waals surface area contributed by atoms with Crippen LogP contribution in [0.5, 0.6) is 0 Å². The van der Waals surface area contributed by atoms with Gasteiger partial charge in [-0.2, -0.15) is 0 Å². The summed E-state index contributed by atoms with van der Waals surface area (Å²) in [6, 6.07) is 0. The van der Waals surface area contributed by atoms with Crippen molar-refractivity contribution in [1.29, 1.82) is 0 Å². The third-order valence-corrected chi connectivity index (χ3v) is 4.12. The second-order valence-corrected chi connectivity index (χ2v) is 4.84. The minimum Gasteiger partial charge on any atom is -0.392 e. The molecule has 0 aromatic carbocycles. The Morgan fingerprint density at radius 2 is 2.00 bits per heavy atom. The molecule has 4 atom stereocenters. The molecule has 0 saturated carbocycles. The summed E-state index contributed by atoms with van der Waals surface area (Å²) in [4.78, 5) is 0. The number of hydrogen-bond acceptors (Lipinski definition) is 2. The fourth-order valence-electron chi connectivity index (χ4n) is 3.16. The lowest BCUT2D eigenvalue weighted by molar-refractivity contribution is 0.00806. The predicted molar refractivity (Wildman–Crippen MR) is 56.1 cm³/mol. The van der Waals surface area contributed by atoms with E-state index in [-0.39, 0.29) is 6.10 Å². The number of hydrogen-bond donors (Lipinski definition) is 1. The van der Waals surface area contributed by atoms with Crippen molar-refractivity contribution in [2.45, 2.75) is 64.3 Å². The van der Waals surface area contributed by atoms with Gasteiger partial charge in [-0.15, -0.1) is 0 Å². The highest BCUT2D eigenvalue weighted by Gasteiger charge is 2.45. The van der Waals surface area contributed by atoms with Gasteiger partial charge in [-0.25, -0.2) is 0 Å². The molecule has 2 saturated heterocycles. The van der Waals surface area contributed by atoms with Crippen molar-refractivity contribution in [3.05, 3.63) is 0 Å². The van der Waals surface area contributed by atoms with Gasteiger partial charge < -0.3 is 9.84 Å². The van der Waals surface area contributed by atoms with Crippen molar-refractivity contribution in [1.82, 2.24) is 0 Å². The van der Waals surface area contributed by atoms with Crippen LogP contribution in [0.15, 0.2) is 0 Å². The van der Waals surface area contributed by atoms with Crippen LogP contribution in [0, 0.1) is 11.8 Å². The van der Waals surface area contributed by atoms with Crippen LogP contribution in [-0.4, -0.2) is 23.4 Å². The van der Waals surface area contributed by atoms with E-state index in [2.05, 4.69) is 13.8 Å². The topological polar surface area (TPSA) is 29.5 Å². The molecule has 0 spiro atoms. The van der Waals surface area contributed by atoms with Gasteiger partial charge in [0.25, 0.3) is 0 Å². The van der Waals surface area contributed by atoms with Crippen LogP contribution >= 0.6 is 0 Å². The molecule has 2 nitrogen and oxygen atoms in total. The molecule has 4 unspecified atom stereocenters. The molecule has 0 aromatic heterocycles. The van der Waals surface area contributed by atoms with E-state index in [1.807, 2.05) is 0 Å². The number of ether oxygens (including phenoxy) is 1. The van der Waals surface area contributed by atoms with Gasteiger partial charge in [0, 0.05) is 5.92 Å². The lowest BCUT2D eigenvalue weighted by Gasteiger charge is -2.29. The molecular weight excluding hydrogens is 176 g/mol. The van der Waals surface area contributed by atoms with Gasteiger partial charge in [0.05, 0.1) is 18.3 Å². The standard InChI is InChI=1S/C12H22O2/c1-3-8(4-2)12(13)10-7-9-5-6-11(10)14-9/h8-13H,3-7H2,1-2H3. The zero-order valence-corrected chi connectivity index (χ0v) is 9.28. The Kier molecular flexibility index (Phi) is 3.13. The maximum atomic E-state index is 10.3. The average molecular weight is 198 g/mol. The third kappa shape index (κ3) is 1.70. The second-order valence-electron chi connectivity index (χ2n) is 4.84. The maximum Gasteiger partial charge on any atom is 0.0633 e. The number of fused-ring (bicyclic) bond motifs is 2. The van der Waals surface area contributed by atoms with Gasteiger partial charge in [0.15, 0.2) is 0 Å². The van der Waals surface area contributed by atoms with Gasteiger partial charge in [-0.05, 0) is 25.2 Å². The first-order valence-corrected chi connectivity index (χ1v) is 6.09. The molecule has 2 heteroatoms. The second kappa shape index (κ2) is 4.19. The van der Waals surface area contributed by atoms with Gasteiger partial charge >= 0.3 is 0 Å². The zero-order valence-electron chi connectivity index (χ0n) is 9.28. The van der Waals surface area contributed by atoms with Gasteiger partial charge in [0.2, 0.25) is 0 Å². The van der Waals surface area contributed by atoms with Gasteiger partial charge in [-0.1, -0.05) is 26.7 Å². The Morgan fingerprint density at radius 3 is 2.43 bits per heavy atom. The van der Waals surface area contributed by atoms with Crippen LogP contribution < -0.4 is 0 Å². The molecule has 0 radical (unpaired) electrons. The van der Waals surface area contributed by atoms with E-state index in [1.54, 1.807) is 0 Å². The Labute approximate surface area is 86.6 Å². The van der Waals surface area contributed by atoms with Gasteiger partial charge in [0.1, 0.15) is 0 Å². The molecule has 1 N–H and O–H groups in total. The quantitative estimate of drug-likeness (QED) is 0.751. The lowest BCUT2D eigenvalue weighted by atomic mass is 9.79. The Balaban J connectivity index is 1.94. The van der Waals surface area contributed by atoms with E-state index in [1.165, 1.54) is 12.8 Å². The Morgan fingerprint density at radius 1 is 1.29 bits per heavy atom. The van der Waals surface area contributed by atoms with E-state index in [0.29, 0.717) is 24.0 Å². The van der Waals surface area contributed by atoms with Crippen molar-refractivity contribution in [3.8, 4) is 0 Å². The zero-order chi connectivity index (χ0) is 10.1. The molecule has 2 rings (SSSR count). The molecule has 2 fully saturated rings. The minimum atomic E-state index is -0.125. The van der Waals surface area contributed by atoms with Crippen LogP contribution in [0.25, 0.3) is 0 Å². The SMILES string of the molecule is CCC(CC)C(O)C1CC2CCC1O2. The first-order chi connectivity index (χ1) is 6.76. The Hall–Kier alpha value is -0.0800. The molecule has 2 aliphatic rings. The van der Waals surface area contributed by atoms with Crippen LogP contribution in [0.1, 0.15) is 46.0 Å². The monoisotopic (exact) mass is 198 g/mol. The van der Waals surface area contributed by atoms with E-state index in [9.17, 15) is 5.11 Å². The first-order valence-electron chi connectivity index (χ1n) is 6.09. The van der Waals surface area contributed by atoms with Crippen LogP contribution in [0.2, 0.25) is 0 Å². The first kappa shape index (κ1) is 10.4. The normalized spacial score (nSPS) is 38.1. The smallest absolute Gasteiger partial charge is 0.0633 e. The van der Waals surface area contributed by atoms with E-state index >= 15 is 0 Å². The molecular formula is C12H22O2. The highest BCUT2D eigenvalue weighted by atomic mass is 16.5. The summed E-state index contributed by atoms with van der Waals surface area (Å²) in [5.41, 5.74) is 0. The van der Waals surface area contributed by atoms with Crippen molar-refractivity contribution in [3.63, 3.8) is 0 Å². The van der Waals surface area contributed by atoms with Crippen molar-refractivity contribution in [2.24, 2.45) is 11.8 Å². The lowest BCUT2D eigenvalue weighted by Crippen LogP contribution is -2.34. The van der Waals surface area contributed by atoms with E-state index in [4.69, 9.17) is 4.74 Å². The summed E-state index contributed by atoms with van der Waals surface area (Å²) in [6.07, 6.45) is 6.38. The average Bonchev–Trinajstić information content (AvgIpc) is 2.80. The fourth-order valence-corrected chi connectivity index (χ4v) is 3.16. The molecule has 0 aromatic rings. The molecule has 0 aliphatic carbocycles. The summed E-state index contributed by atoms with van der Waals surface area (Å²) >= 11 is 0. The summed E-state index contributed by atoms with van der Waals surface area (Å²) in [5, 5.41) is 10.3. The van der Waals surface area contributed by atoms with Gasteiger partial charge in [-0.3, -0.25) is 0 Å². The van der Waals surface area contributed by atoms with Crippen LogP contribution in [0.3, 0.4) is 0 Å². The molecule has 0 amide bonds. The summed E-state index contributed by atoms with van der Waals surface area (Å²) in [6.45, 7) is 4.34. The highest BCUT2D eigenvalue weighted by Crippen LogP contribution is 2.42. The number of aliphatic hydroxyl groups excluding tert-OH is 1. The molecule has 2 heterocycles. The largest absolute Gasteiger partial charge is 0.392 e. The minimum absolute atomic E-state index is 0.125. The van der Waals surface area contributed by atoms with Crippen LogP contribution in [0.4, 0.5) is 0 Å². The van der Waals surface area contributed by atoms with Crippen molar-refractivity contribution in [2.75, 3.05) is 0 Å². The van der Waals surface area contributed by atoms with Crippen LogP contribution in [-0.2, 0) is 4.74 Å². The summed E-state index contributed by atoms with van der Waals surface area (Å²) in [5.74, 6) is 0.904. The summed E-state index contributed by atoms with van der Waals surface area (Å²) in [7, 11) is 0. The van der Waals surface area contributed by atoms with Crippen molar-refractivity contribution < 1.29 is 9.84 Å². The summed E-state index contributed by atoms with van der Waals surface area (Å²) < 4.78 is 5.79. The molecule has 2 aliphatic heterocycles. The van der Waals surface area contributed by atoms with Crippen molar-refractivity contribution >= 4 is 0 Å².